The van der Waals surface area contributed by atoms with Crippen molar-refractivity contribution in [1.82, 2.24) is 25.5 Å². The molecule has 1 fully saturated rings. The third-order valence-electron chi connectivity index (χ3n) is 4.81. The monoisotopic (exact) mass is 355 g/mol. The quantitative estimate of drug-likeness (QED) is 0.789. The first-order valence-corrected chi connectivity index (χ1v) is 9.56. The number of carbonyl (C=O) groups excluding carboxylic acids is 1. The molecule has 3 rings (SSSR count). The van der Waals surface area contributed by atoms with E-state index in [-0.39, 0.29) is 11.9 Å². The fourth-order valence-corrected chi connectivity index (χ4v) is 3.40. The largest absolute Gasteiger partial charge is 0.356 e. The van der Waals surface area contributed by atoms with Crippen molar-refractivity contribution in [2.24, 2.45) is 0 Å². The van der Waals surface area contributed by atoms with Crippen LogP contribution in [0.1, 0.15) is 43.0 Å². The van der Waals surface area contributed by atoms with Gasteiger partial charge in [-0.1, -0.05) is 30.3 Å². The van der Waals surface area contributed by atoms with Crippen LogP contribution in [0.4, 0.5) is 0 Å². The van der Waals surface area contributed by atoms with E-state index in [2.05, 4.69) is 37.6 Å². The molecule has 2 aromatic rings. The Labute approximate surface area is 155 Å². The van der Waals surface area contributed by atoms with Crippen molar-refractivity contribution in [3.8, 4) is 0 Å². The molecule has 0 saturated carbocycles. The zero-order valence-electron chi connectivity index (χ0n) is 15.3. The fraction of sp³-hybridized carbons (Fsp3) is 0.500. The second kappa shape index (κ2) is 10.1. The summed E-state index contributed by atoms with van der Waals surface area (Å²) in [4.78, 5) is 22.0. The van der Waals surface area contributed by atoms with Gasteiger partial charge in [-0.3, -0.25) is 9.69 Å². The van der Waals surface area contributed by atoms with E-state index in [4.69, 9.17) is 0 Å². The number of nitrogens with zero attached hydrogens (tertiary/aromatic N) is 2. The predicted molar refractivity (Wildman–Crippen MR) is 103 cm³/mol. The van der Waals surface area contributed by atoms with E-state index < -0.39 is 0 Å². The van der Waals surface area contributed by atoms with Gasteiger partial charge in [0.2, 0.25) is 5.91 Å². The van der Waals surface area contributed by atoms with Gasteiger partial charge in [-0.15, -0.1) is 0 Å². The highest BCUT2D eigenvalue weighted by atomic mass is 16.1. The summed E-state index contributed by atoms with van der Waals surface area (Å²) >= 11 is 0. The van der Waals surface area contributed by atoms with Crippen molar-refractivity contribution in [3.63, 3.8) is 0 Å². The maximum atomic E-state index is 12.3. The van der Waals surface area contributed by atoms with Crippen LogP contribution < -0.4 is 10.6 Å². The number of carbonyl (C=O) groups is 1. The van der Waals surface area contributed by atoms with Crippen LogP contribution in [0.25, 0.3) is 0 Å². The van der Waals surface area contributed by atoms with Gasteiger partial charge in [0, 0.05) is 37.4 Å². The van der Waals surface area contributed by atoms with E-state index in [1.165, 1.54) is 5.56 Å². The molecule has 1 amide bonds. The van der Waals surface area contributed by atoms with E-state index >= 15 is 0 Å². The second-order valence-corrected chi connectivity index (χ2v) is 6.89. The third-order valence-corrected chi connectivity index (χ3v) is 4.81. The zero-order chi connectivity index (χ0) is 18.0. The van der Waals surface area contributed by atoms with Gasteiger partial charge < -0.3 is 15.6 Å². The lowest BCUT2D eigenvalue weighted by atomic mass is 10.0. The summed E-state index contributed by atoms with van der Waals surface area (Å²) in [5.74, 6) is 0.125. The van der Waals surface area contributed by atoms with Crippen LogP contribution >= 0.6 is 0 Å². The van der Waals surface area contributed by atoms with Crippen LogP contribution in [-0.2, 0) is 11.3 Å². The molecule has 0 bridgehead atoms. The number of aromatic nitrogens is 2. The van der Waals surface area contributed by atoms with Gasteiger partial charge in [0.05, 0.1) is 6.33 Å². The second-order valence-electron chi connectivity index (χ2n) is 6.89. The number of hydrogen-bond acceptors (Lipinski definition) is 4. The van der Waals surface area contributed by atoms with Crippen molar-refractivity contribution >= 4 is 5.91 Å². The van der Waals surface area contributed by atoms with Gasteiger partial charge in [-0.25, -0.2) is 4.98 Å². The number of H-pyrrole nitrogens is 1. The summed E-state index contributed by atoms with van der Waals surface area (Å²) in [6.07, 6.45) is 7.27. The maximum absolute atomic E-state index is 12.3. The molecule has 1 aliphatic rings. The van der Waals surface area contributed by atoms with Gasteiger partial charge in [0.25, 0.3) is 0 Å². The number of benzene rings is 1. The van der Waals surface area contributed by atoms with Crippen molar-refractivity contribution in [2.75, 3.05) is 26.2 Å². The normalized spacial score (nSPS) is 21.2. The van der Waals surface area contributed by atoms with E-state index in [9.17, 15) is 4.79 Å². The minimum atomic E-state index is 0.0676. The minimum absolute atomic E-state index is 0.0676. The summed E-state index contributed by atoms with van der Waals surface area (Å²) in [6.45, 7) is 4.62. The molecule has 1 aliphatic heterocycles. The molecule has 3 N–H and O–H groups in total. The molecular formula is C20H29N5O. The van der Waals surface area contributed by atoms with Gasteiger partial charge in [-0.05, 0) is 44.5 Å². The van der Waals surface area contributed by atoms with Crippen LogP contribution in [0.3, 0.4) is 0 Å². The Hall–Kier alpha value is -2.18. The van der Waals surface area contributed by atoms with Crippen LogP contribution in [0, 0.1) is 0 Å². The smallest absolute Gasteiger partial charge is 0.221 e. The zero-order valence-corrected chi connectivity index (χ0v) is 15.3. The van der Waals surface area contributed by atoms with Crippen molar-refractivity contribution < 1.29 is 4.79 Å². The predicted octanol–water partition coefficient (Wildman–Crippen LogP) is 2.23. The summed E-state index contributed by atoms with van der Waals surface area (Å²) < 4.78 is 0. The highest BCUT2D eigenvalue weighted by Gasteiger charge is 2.16. The molecule has 1 aromatic carbocycles. The molecule has 2 heterocycles. The van der Waals surface area contributed by atoms with Crippen LogP contribution in [-0.4, -0.2) is 47.0 Å². The Bertz CT molecular complexity index is 643. The summed E-state index contributed by atoms with van der Waals surface area (Å²) in [5.41, 5.74) is 2.32. The van der Waals surface area contributed by atoms with Gasteiger partial charge >= 0.3 is 0 Å². The molecular weight excluding hydrogens is 326 g/mol. The molecule has 0 aliphatic carbocycles. The fourth-order valence-electron chi connectivity index (χ4n) is 3.40. The Balaban J connectivity index is 1.60. The molecule has 0 radical (unpaired) electrons. The number of rotatable bonds is 3. The van der Waals surface area contributed by atoms with E-state index in [1.807, 2.05) is 24.4 Å². The number of hydrogen-bond donors (Lipinski definition) is 3. The van der Waals surface area contributed by atoms with Crippen molar-refractivity contribution in [3.05, 3.63) is 54.1 Å². The maximum Gasteiger partial charge on any atom is 0.221 e. The van der Waals surface area contributed by atoms with Crippen molar-refractivity contribution in [1.29, 1.82) is 0 Å². The molecule has 6 heteroatoms. The molecule has 1 aromatic heterocycles. The molecule has 1 atom stereocenters. The average molecular weight is 355 g/mol. The SMILES string of the molecule is O=C1CC(c2ccccc2)NCCCN(Cc2cnc[nH]2)CCCCN1. The van der Waals surface area contributed by atoms with E-state index in [0.717, 1.165) is 57.7 Å². The number of imidazole rings is 1. The first-order valence-electron chi connectivity index (χ1n) is 9.56. The molecule has 26 heavy (non-hydrogen) atoms. The Morgan fingerprint density at radius 3 is 2.73 bits per heavy atom. The Kier molecular flexibility index (Phi) is 7.22. The van der Waals surface area contributed by atoms with Crippen LogP contribution in [0.5, 0.6) is 0 Å². The first-order chi connectivity index (χ1) is 12.8. The van der Waals surface area contributed by atoms with E-state index in [0.29, 0.717) is 6.42 Å². The highest BCUT2D eigenvalue weighted by molar-refractivity contribution is 5.76. The lowest BCUT2D eigenvalue weighted by Crippen LogP contribution is -2.32. The standard InChI is InChI=1S/C20H29N5O/c26-20-13-19(17-7-2-1-3-8-17)22-10-6-12-25(11-5-4-9-23-20)15-18-14-21-16-24-18/h1-3,7-8,14,16,19,22H,4-6,9-13,15H2,(H,21,24)(H,23,26). The van der Waals surface area contributed by atoms with Gasteiger partial charge in [0.15, 0.2) is 0 Å². The molecule has 140 valence electrons. The topological polar surface area (TPSA) is 73.0 Å². The Morgan fingerprint density at radius 2 is 1.92 bits per heavy atom. The van der Waals surface area contributed by atoms with Crippen LogP contribution in [0.15, 0.2) is 42.9 Å². The third kappa shape index (κ3) is 5.97. The molecule has 0 spiro atoms. The van der Waals surface area contributed by atoms with Crippen molar-refractivity contribution in [2.45, 2.75) is 38.3 Å². The molecule has 1 unspecified atom stereocenters. The van der Waals surface area contributed by atoms with Crippen LogP contribution in [0.2, 0.25) is 0 Å². The minimum Gasteiger partial charge on any atom is -0.356 e. The molecule has 6 nitrogen and oxygen atoms in total. The Morgan fingerprint density at radius 1 is 1.08 bits per heavy atom. The van der Waals surface area contributed by atoms with Gasteiger partial charge in [-0.2, -0.15) is 0 Å². The lowest BCUT2D eigenvalue weighted by molar-refractivity contribution is -0.121. The lowest BCUT2D eigenvalue weighted by Gasteiger charge is -2.22. The average Bonchev–Trinajstić information content (AvgIpc) is 3.17. The number of nitrogens with one attached hydrogen (secondary N) is 3. The molecule has 1 saturated heterocycles. The summed E-state index contributed by atoms with van der Waals surface area (Å²) in [6, 6.07) is 10.3. The number of amides is 1. The van der Waals surface area contributed by atoms with E-state index in [1.54, 1.807) is 6.33 Å². The highest BCUT2D eigenvalue weighted by Crippen LogP contribution is 2.17. The first kappa shape index (κ1) is 18.6. The summed E-state index contributed by atoms with van der Waals surface area (Å²) in [7, 11) is 0. The summed E-state index contributed by atoms with van der Waals surface area (Å²) in [5, 5.41) is 6.64. The van der Waals surface area contributed by atoms with Gasteiger partial charge in [0.1, 0.15) is 0 Å². The number of aromatic amines is 1.